The van der Waals surface area contributed by atoms with E-state index >= 15 is 0 Å². The van der Waals surface area contributed by atoms with E-state index in [1.165, 1.54) is 0 Å². The number of hydrogen-bond donors (Lipinski definition) is 0. The summed E-state index contributed by atoms with van der Waals surface area (Å²) in [5, 5.41) is 0.620. The van der Waals surface area contributed by atoms with E-state index in [0.29, 0.717) is 44.3 Å². The predicted molar refractivity (Wildman–Crippen MR) is 212 cm³/mol. The summed E-state index contributed by atoms with van der Waals surface area (Å²) < 4.78 is 152. The highest BCUT2D eigenvalue weighted by Crippen LogP contribution is 2.47. The lowest BCUT2D eigenvalue weighted by Crippen LogP contribution is -2.48. The van der Waals surface area contributed by atoms with Crippen molar-refractivity contribution in [3.8, 4) is 11.3 Å². The average molecular weight is 837 g/mol. The van der Waals surface area contributed by atoms with E-state index in [1.807, 2.05) is 38.1 Å². The first-order valence-electron chi connectivity index (χ1n) is 18.6. The first-order valence-corrected chi connectivity index (χ1v) is 18.6. The fourth-order valence-corrected chi connectivity index (χ4v) is 7.39. The van der Waals surface area contributed by atoms with E-state index in [4.69, 9.17) is 14.3 Å². The maximum Gasteiger partial charge on any atom is 0.598 e. The summed E-state index contributed by atoms with van der Waals surface area (Å²) in [6, 6.07) is 32.9. The van der Waals surface area contributed by atoms with Crippen molar-refractivity contribution in [2.75, 3.05) is 13.2 Å². The number of hydrogen-bond acceptors (Lipinski definition) is 3. The van der Waals surface area contributed by atoms with E-state index in [9.17, 15) is 43.9 Å². The Balaban J connectivity index is 1.64. The topological polar surface area (TPSA) is 35.8 Å². The highest BCUT2D eigenvalue weighted by molar-refractivity contribution is 6.45. The fourth-order valence-electron chi connectivity index (χ4n) is 7.39. The van der Waals surface area contributed by atoms with Gasteiger partial charge in [0.25, 0.3) is 0 Å². The van der Waals surface area contributed by atoms with Gasteiger partial charge in [-0.1, -0.05) is 126 Å². The standard InChI is InChI=1S/C45H35BF10N2O2/c1-26-18-20-31(28(3)22-26)38-33-14-8-9-15-34(33)39(57-38)37(30-12-6-5-7-13-30)41-36-17-11-10-16-35(36)40(32-21-19-27(2)23-29(32)4)58(41)46(59-24-42(47,48)44(51,52)53)60-25-43(49,50)45(54,55)56/h5-23H,24-25H2,1-4H3/b39-37-. The molecule has 0 spiro atoms. The summed E-state index contributed by atoms with van der Waals surface area (Å²) in [5.41, 5.74) is 7.00. The van der Waals surface area contributed by atoms with Gasteiger partial charge in [-0.25, -0.2) is 4.99 Å². The summed E-state index contributed by atoms with van der Waals surface area (Å²) in [6.45, 7) is 2.33. The van der Waals surface area contributed by atoms with Crippen molar-refractivity contribution in [3.05, 3.63) is 165 Å². The third kappa shape index (κ3) is 7.88. The largest absolute Gasteiger partial charge is 0.598 e. The third-order valence-electron chi connectivity index (χ3n) is 10.2. The monoisotopic (exact) mass is 836 g/mol. The van der Waals surface area contributed by atoms with Gasteiger partial charge >= 0.3 is 31.5 Å². The molecule has 4 nitrogen and oxygen atoms in total. The second-order valence-corrected chi connectivity index (χ2v) is 14.7. The highest BCUT2D eigenvalue weighted by atomic mass is 19.4. The Morgan fingerprint density at radius 3 is 1.57 bits per heavy atom. The first kappa shape index (κ1) is 42.5. The minimum atomic E-state index is -6.18. The van der Waals surface area contributed by atoms with Crippen molar-refractivity contribution in [2.24, 2.45) is 4.99 Å². The quantitative estimate of drug-likeness (QED) is 0.0963. The first-order chi connectivity index (χ1) is 28.2. The minimum Gasteiger partial charge on any atom is -0.385 e. The molecule has 0 aliphatic carbocycles. The van der Waals surface area contributed by atoms with E-state index < -0.39 is 44.7 Å². The maximum atomic E-state index is 14.7. The van der Waals surface area contributed by atoms with Crippen LogP contribution in [0.15, 0.2) is 120 Å². The molecule has 1 aliphatic rings. The van der Waals surface area contributed by atoms with Gasteiger partial charge in [0.15, 0.2) is 0 Å². The van der Waals surface area contributed by atoms with Crippen LogP contribution in [0.5, 0.6) is 0 Å². The molecular formula is C45H35BF10N2O2. The molecule has 0 N–H and O–H groups in total. The normalized spacial score (nSPS) is 14.4. The third-order valence-corrected chi connectivity index (χ3v) is 10.2. The SMILES string of the molecule is Cc1ccc(C2=N/C(=C(/c3ccccc3)c3c4ccccc4c(-c4ccc(C)cc4C)n3B(OCC(F)(F)C(F)(F)F)OCC(F)(F)C(F)(F)F)c3ccccc32)c(C)c1. The number of benzene rings is 5. The van der Waals surface area contributed by atoms with Crippen LogP contribution in [0, 0.1) is 27.7 Å². The van der Waals surface area contributed by atoms with Crippen LogP contribution in [0.1, 0.15) is 50.2 Å². The number of alkyl halides is 10. The van der Waals surface area contributed by atoms with Gasteiger partial charge in [-0.3, -0.25) is 0 Å². The van der Waals surface area contributed by atoms with Crippen LogP contribution in [0.2, 0.25) is 0 Å². The summed E-state index contributed by atoms with van der Waals surface area (Å²) in [4.78, 5) is 5.19. The summed E-state index contributed by atoms with van der Waals surface area (Å²) in [5.74, 6) is -11.2. The molecule has 6 aromatic rings. The van der Waals surface area contributed by atoms with Gasteiger partial charge in [0, 0.05) is 44.3 Å². The number of halogens is 10. The fraction of sp³-hybridized carbons (Fsp3) is 0.222. The van der Waals surface area contributed by atoms with E-state index in [1.54, 1.807) is 105 Å². The van der Waals surface area contributed by atoms with Crippen molar-refractivity contribution in [1.82, 2.24) is 4.48 Å². The van der Waals surface area contributed by atoms with Gasteiger partial charge in [0.1, 0.15) is 13.2 Å². The van der Waals surface area contributed by atoms with Crippen molar-refractivity contribution >= 4 is 35.0 Å². The molecule has 0 bridgehead atoms. The molecule has 15 heteroatoms. The second-order valence-electron chi connectivity index (χ2n) is 14.7. The lowest BCUT2D eigenvalue weighted by Gasteiger charge is -2.27. The molecule has 1 aliphatic heterocycles. The van der Waals surface area contributed by atoms with Gasteiger partial charge in [0.2, 0.25) is 0 Å². The molecule has 0 amide bonds. The molecule has 0 atom stereocenters. The van der Waals surface area contributed by atoms with Crippen LogP contribution < -0.4 is 0 Å². The molecule has 60 heavy (non-hydrogen) atoms. The maximum absolute atomic E-state index is 14.7. The molecule has 0 saturated heterocycles. The van der Waals surface area contributed by atoms with E-state index in [2.05, 4.69) is 0 Å². The molecule has 0 radical (unpaired) electrons. The van der Waals surface area contributed by atoms with Crippen LogP contribution in [0.25, 0.3) is 33.3 Å². The summed E-state index contributed by atoms with van der Waals surface area (Å²) >= 11 is 0. The van der Waals surface area contributed by atoms with Gasteiger partial charge in [-0.15, -0.1) is 0 Å². The number of nitrogens with zero attached hydrogens (tertiary/aromatic N) is 2. The minimum absolute atomic E-state index is 0.0210. The smallest absolute Gasteiger partial charge is 0.385 e. The molecule has 7 rings (SSSR count). The zero-order chi connectivity index (χ0) is 43.4. The zero-order valence-electron chi connectivity index (χ0n) is 32.5. The highest BCUT2D eigenvalue weighted by Gasteiger charge is 2.60. The van der Waals surface area contributed by atoms with E-state index in [0.717, 1.165) is 26.7 Å². The number of fused-ring (bicyclic) bond motifs is 2. The van der Waals surface area contributed by atoms with Crippen LogP contribution in [-0.4, -0.2) is 54.9 Å². The Morgan fingerprint density at radius 1 is 0.550 bits per heavy atom. The summed E-state index contributed by atoms with van der Waals surface area (Å²) in [6.07, 6.45) is -12.4. The molecule has 1 aromatic heterocycles. The summed E-state index contributed by atoms with van der Waals surface area (Å²) in [7, 11) is -2.73. The molecule has 0 fully saturated rings. The van der Waals surface area contributed by atoms with Gasteiger partial charge in [-0.2, -0.15) is 43.9 Å². The molecule has 310 valence electrons. The Kier molecular flexibility index (Phi) is 11.1. The molecule has 5 aromatic carbocycles. The predicted octanol–water partition coefficient (Wildman–Crippen LogP) is 12.6. The number of aromatic nitrogens is 1. The van der Waals surface area contributed by atoms with Crippen molar-refractivity contribution in [3.63, 3.8) is 0 Å². The lowest BCUT2D eigenvalue weighted by molar-refractivity contribution is -0.295. The van der Waals surface area contributed by atoms with Crippen molar-refractivity contribution in [1.29, 1.82) is 0 Å². The Hall–Kier alpha value is -5.67. The number of aryl methyl sites for hydroxylation is 4. The Bertz CT molecular complexity index is 2620. The average Bonchev–Trinajstić information content (AvgIpc) is 3.71. The zero-order valence-corrected chi connectivity index (χ0v) is 32.5. The van der Waals surface area contributed by atoms with Crippen LogP contribution in [-0.2, 0) is 9.31 Å². The second kappa shape index (κ2) is 15.7. The van der Waals surface area contributed by atoms with Gasteiger partial charge in [0.05, 0.1) is 17.1 Å². The van der Waals surface area contributed by atoms with Crippen molar-refractivity contribution < 1.29 is 53.2 Å². The molecule has 0 saturated carbocycles. The van der Waals surface area contributed by atoms with Gasteiger partial charge < -0.3 is 13.8 Å². The van der Waals surface area contributed by atoms with Crippen LogP contribution in [0.3, 0.4) is 0 Å². The molecule has 0 unspecified atom stereocenters. The van der Waals surface area contributed by atoms with E-state index in [-0.39, 0.29) is 22.7 Å². The Labute approximate surface area is 339 Å². The Morgan fingerprint density at radius 2 is 1.03 bits per heavy atom. The van der Waals surface area contributed by atoms with Crippen LogP contribution in [0.4, 0.5) is 43.9 Å². The molecule has 2 heterocycles. The molecular weight excluding hydrogens is 801 g/mol. The van der Waals surface area contributed by atoms with Crippen LogP contribution >= 0.6 is 0 Å². The number of aliphatic imine (C=N–C) groups is 1. The lowest BCUT2D eigenvalue weighted by atomic mass is 9.91. The number of rotatable bonds is 11. The van der Waals surface area contributed by atoms with Gasteiger partial charge in [-0.05, 0) is 44.4 Å². The van der Waals surface area contributed by atoms with Crippen molar-refractivity contribution in [2.45, 2.75) is 51.9 Å².